The van der Waals surface area contributed by atoms with Crippen molar-refractivity contribution in [3.63, 3.8) is 0 Å². The normalized spacial score (nSPS) is 12.7. The molecule has 0 aromatic heterocycles. The van der Waals surface area contributed by atoms with Gasteiger partial charge in [0.2, 0.25) is 0 Å². The Kier molecular flexibility index (Phi) is 5.63. The number of hydrogen-bond donors (Lipinski definition) is 2. The smallest absolute Gasteiger partial charge is 0.261 e. The van der Waals surface area contributed by atoms with E-state index in [0.717, 1.165) is 11.3 Å². The number of rotatable bonds is 7. The number of nitrogens with one attached hydrogen (secondary N) is 2. The molecule has 0 aliphatic heterocycles. The SMILES string of the molecule is COC[C@H](C)Nc1ccc(NS(=O)(=O)c2ccc(C)cc2)cc1. The maximum atomic E-state index is 12.3. The number of aryl methyl sites for hydroxylation is 1. The number of benzene rings is 2. The van der Waals surface area contributed by atoms with E-state index in [1.807, 2.05) is 26.0 Å². The molecule has 0 aliphatic carbocycles. The van der Waals surface area contributed by atoms with Gasteiger partial charge in [-0.25, -0.2) is 8.42 Å². The Morgan fingerprint density at radius 3 is 2.13 bits per heavy atom. The van der Waals surface area contributed by atoms with Crippen LogP contribution in [0.15, 0.2) is 53.4 Å². The predicted octanol–water partition coefficient (Wildman–Crippen LogP) is 3.24. The highest BCUT2D eigenvalue weighted by Gasteiger charge is 2.13. The summed E-state index contributed by atoms with van der Waals surface area (Å²) in [5.41, 5.74) is 2.45. The molecule has 0 amide bonds. The Bertz CT molecular complexity index is 725. The molecule has 23 heavy (non-hydrogen) atoms. The summed E-state index contributed by atoms with van der Waals surface area (Å²) in [7, 11) is -1.91. The van der Waals surface area contributed by atoms with Gasteiger partial charge in [-0.1, -0.05) is 17.7 Å². The molecule has 2 N–H and O–H groups in total. The minimum absolute atomic E-state index is 0.176. The number of methoxy groups -OCH3 is 1. The van der Waals surface area contributed by atoms with Gasteiger partial charge in [-0.15, -0.1) is 0 Å². The first-order chi connectivity index (χ1) is 10.9. The van der Waals surface area contributed by atoms with Gasteiger partial charge in [-0.05, 0) is 50.2 Å². The second-order valence-electron chi connectivity index (χ2n) is 5.50. The highest BCUT2D eigenvalue weighted by atomic mass is 32.2. The summed E-state index contributed by atoms with van der Waals surface area (Å²) in [6.07, 6.45) is 0. The van der Waals surface area contributed by atoms with Crippen LogP contribution in [0, 0.1) is 6.92 Å². The van der Waals surface area contributed by atoms with Crippen LogP contribution >= 0.6 is 0 Å². The van der Waals surface area contributed by atoms with Gasteiger partial charge in [0.25, 0.3) is 10.0 Å². The maximum absolute atomic E-state index is 12.3. The van der Waals surface area contributed by atoms with Crippen LogP contribution in [0.2, 0.25) is 0 Å². The fourth-order valence-electron chi connectivity index (χ4n) is 2.14. The van der Waals surface area contributed by atoms with Crippen LogP contribution in [0.4, 0.5) is 11.4 Å². The highest BCUT2D eigenvalue weighted by molar-refractivity contribution is 7.92. The number of ether oxygens (including phenoxy) is 1. The van der Waals surface area contributed by atoms with Gasteiger partial charge in [-0.3, -0.25) is 4.72 Å². The Hall–Kier alpha value is -2.05. The minimum Gasteiger partial charge on any atom is -0.383 e. The topological polar surface area (TPSA) is 67.4 Å². The summed E-state index contributed by atoms with van der Waals surface area (Å²) in [6, 6.07) is 14.0. The summed E-state index contributed by atoms with van der Waals surface area (Å²) >= 11 is 0. The molecule has 0 fully saturated rings. The van der Waals surface area contributed by atoms with Crippen molar-refractivity contribution < 1.29 is 13.2 Å². The van der Waals surface area contributed by atoms with Crippen molar-refractivity contribution in [2.75, 3.05) is 23.8 Å². The summed E-state index contributed by atoms with van der Waals surface area (Å²) in [5, 5.41) is 3.27. The zero-order valence-electron chi connectivity index (χ0n) is 13.5. The van der Waals surface area contributed by atoms with E-state index in [-0.39, 0.29) is 10.9 Å². The molecule has 124 valence electrons. The molecule has 2 aromatic rings. The zero-order chi connectivity index (χ0) is 16.9. The van der Waals surface area contributed by atoms with Gasteiger partial charge in [0.1, 0.15) is 0 Å². The first-order valence-corrected chi connectivity index (χ1v) is 8.84. The molecule has 0 aliphatic rings. The third-order valence-corrected chi connectivity index (χ3v) is 4.70. The van der Waals surface area contributed by atoms with Crippen LogP contribution in [-0.2, 0) is 14.8 Å². The van der Waals surface area contributed by atoms with Crippen molar-refractivity contribution in [1.82, 2.24) is 0 Å². The molecule has 6 heteroatoms. The van der Waals surface area contributed by atoms with Gasteiger partial charge in [-0.2, -0.15) is 0 Å². The van der Waals surface area contributed by atoms with Crippen LogP contribution in [0.1, 0.15) is 12.5 Å². The fourth-order valence-corrected chi connectivity index (χ4v) is 3.20. The van der Waals surface area contributed by atoms with Gasteiger partial charge >= 0.3 is 0 Å². The molecule has 0 saturated carbocycles. The van der Waals surface area contributed by atoms with Crippen molar-refractivity contribution in [3.05, 3.63) is 54.1 Å². The molecule has 0 bridgehead atoms. The lowest BCUT2D eigenvalue weighted by Gasteiger charge is -2.15. The Labute approximate surface area is 137 Å². The number of hydrogen-bond acceptors (Lipinski definition) is 4. The third-order valence-electron chi connectivity index (χ3n) is 3.30. The van der Waals surface area contributed by atoms with Crippen molar-refractivity contribution in [1.29, 1.82) is 0 Å². The molecule has 0 unspecified atom stereocenters. The summed E-state index contributed by atoms with van der Waals surface area (Å²) in [4.78, 5) is 0.249. The Morgan fingerprint density at radius 2 is 1.57 bits per heavy atom. The van der Waals surface area contributed by atoms with Crippen LogP contribution in [-0.4, -0.2) is 28.2 Å². The number of sulfonamides is 1. The Morgan fingerprint density at radius 1 is 1.00 bits per heavy atom. The standard InChI is InChI=1S/C17H22N2O3S/c1-13-4-10-17(11-5-13)23(20,21)19-16-8-6-15(7-9-16)18-14(2)12-22-3/h4-11,14,18-19H,12H2,1-3H3/t14-/m0/s1. The van der Waals surface area contributed by atoms with Gasteiger partial charge in [0.05, 0.1) is 11.5 Å². The first kappa shape index (κ1) is 17.3. The van der Waals surface area contributed by atoms with Crippen molar-refractivity contribution in [2.45, 2.75) is 24.8 Å². The van der Waals surface area contributed by atoms with Gasteiger partial charge in [0.15, 0.2) is 0 Å². The van der Waals surface area contributed by atoms with Crippen molar-refractivity contribution in [3.8, 4) is 0 Å². The molecule has 0 heterocycles. The molecule has 2 rings (SSSR count). The van der Waals surface area contributed by atoms with Crippen molar-refractivity contribution in [2.24, 2.45) is 0 Å². The van der Waals surface area contributed by atoms with Crippen LogP contribution in [0.3, 0.4) is 0 Å². The van der Waals surface area contributed by atoms with Crippen molar-refractivity contribution >= 4 is 21.4 Å². The van der Waals surface area contributed by atoms with Crippen LogP contribution < -0.4 is 10.0 Å². The zero-order valence-corrected chi connectivity index (χ0v) is 14.4. The van der Waals surface area contributed by atoms with E-state index in [4.69, 9.17) is 4.74 Å². The molecule has 2 aromatic carbocycles. The molecular formula is C17H22N2O3S. The first-order valence-electron chi connectivity index (χ1n) is 7.36. The van der Waals surface area contributed by atoms with E-state index in [9.17, 15) is 8.42 Å². The van der Waals surface area contributed by atoms with E-state index in [1.165, 1.54) is 0 Å². The third kappa shape index (κ3) is 4.97. The average Bonchev–Trinajstić information content (AvgIpc) is 2.50. The maximum Gasteiger partial charge on any atom is 0.261 e. The lowest BCUT2D eigenvalue weighted by atomic mass is 10.2. The monoisotopic (exact) mass is 334 g/mol. The largest absolute Gasteiger partial charge is 0.383 e. The van der Waals surface area contributed by atoms with E-state index in [0.29, 0.717) is 12.3 Å². The lowest BCUT2D eigenvalue weighted by Crippen LogP contribution is -2.20. The predicted molar refractivity (Wildman–Crippen MR) is 93.4 cm³/mol. The molecular weight excluding hydrogens is 312 g/mol. The highest BCUT2D eigenvalue weighted by Crippen LogP contribution is 2.19. The van der Waals surface area contributed by atoms with Gasteiger partial charge in [0, 0.05) is 24.5 Å². The molecule has 5 nitrogen and oxygen atoms in total. The molecule has 1 atom stereocenters. The summed E-state index contributed by atoms with van der Waals surface area (Å²) in [6.45, 7) is 4.53. The molecule has 0 radical (unpaired) electrons. The van der Waals surface area contributed by atoms with E-state index < -0.39 is 10.0 Å². The van der Waals surface area contributed by atoms with Gasteiger partial charge < -0.3 is 10.1 Å². The quantitative estimate of drug-likeness (QED) is 0.816. The van der Waals surface area contributed by atoms with E-state index in [1.54, 1.807) is 43.5 Å². The summed E-state index contributed by atoms with van der Waals surface area (Å²) in [5.74, 6) is 0. The Balaban J connectivity index is 2.06. The van der Waals surface area contributed by atoms with E-state index >= 15 is 0 Å². The summed E-state index contributed by atoms with van der Waals surface area (Å²) < 4.78 is 32.3. The van der Waals surface area contributed by atoms with Crippen LogP contribution in [0.25, 0.3) is 0 Å². The number of anilines is 2. The average molecular weight is 334 g/mol. The molecule has 0 spiro atoms. The van der Waals surface area contributed by atoms with E-state index in [2.05, 4.69) is 10.0 Å². The lowest BCUT2D eigenvalue weighted by molar-refractivity contribution is 0.190. The molecule has 0 saturated heterocycles. The second kappa shape index (κ2) is 7.48. The fraction of sp³-hybridized carbons (Fsp3) is 0.294. The van der Waals surface area contributed by atoms with Crippen LogP contribution in [0.5, 0.6) is 0 Å². The second-order valence-corrected chi connectivity index (χ2v) is 7.18. The minimum atomic E-state index is -3.57.